The van der Waals surface area contributed by atoms with Crippen LogP contribution in [0.5, 0.6) is 0 Å². The first kappa shape index (κ1) is 37.8. The van der Waals surface area contributed by atoms with Gasteiger partial charge in [0.1, 0.15) is 0 Å². The van der Waals surface area contributed by atoms with Crippen LogP contribution in [0.25, 0.3) is 34.4 Å². The van der Waals surface area contributed by atoms with Crippen LogP contribution < -0.4 is 0 Å². The van der Waals surface area contributed by atoms with Gasteiger partial charge in [-0.3, -0.25) is 0 Å². The monoisotopic (exact) mass is 797 g/mol. The second kappa shape index (κ2) is 13.8. The van der Waals surface area contributed by atoms with E-state index < -0.39 is 21.5 Å². The first-order valence-corrected chi connectivity index (χ1v) is 35.1. The number of fused-ring (bicyclic) bond motifs is 2. The van der Waals surface area contributed by atoms with Gasteiger partial charge in [-0.05, 0) is 0 Å². The van der Waals surface area contributed by atoms with Crippen LogP contribution >= 0.6 is 17.0 Å². The Kier molecular flexibility index (Phi) is 10.4. The molecule has 2 aliphatic carbocycles. The molecular weight excluding hydrogens is 743 g/mol. The van der Waals surface area contributed by atoms with Gasteiger partial charge in [-0.2, -0.15) is 0 Å². The van der Waals surface area contributed by atoms with E-state index in [1.807, 2.05) is 0 Å². The molecule has 0 N–H and O–H groups in total. The van der Waals surface area contributed by atoms with Crippen molar-refractivity contribution in [2.45, 2.75) is 102 Å². The van der Waals surface area contributed by atoms with Crippen LogP contribution in [0.2, 0.25) is 13.1 Å². The number of hydrogen-bond acceptors (Lipinski definition) is 0. The Morgan fingerprint density at radius 1 is 0.560 bits per heavy atom. The molecule has 0 saturated heterocycles. The van der Waals surface area contributed by atoms with Gasteiger partial charge in [0.25, 0.3) is 0 Å². The van der Waals surface area contributed by atoms with Crippen LogP contribution in [-0.4, -0.2) is 5.92 Å². The molecule has 4 aromatic rings. The fourth-order valence-electron chi connectivity index (χ4n) is 9.68. The molecule has 0 nitrogen and oxygen atoms in total. The van der Waals surface area contributed by atoms with Gasteiger partial charge >= 0.3 is 315 Å². The third-order valence-electron chi connectivity index (χ3n) is 11.5. The van der Waals surface area contributed by atoms with Crippen LogP contribution in [0, 0.1) is 53.4 Å². The van der Waals surface area contributed by atoms with Crippen LogP contribution in [0.3, 0.4) is 0 Å². The average molecular weight is 800 g/mol. The summed E-state index contributed by atoms with van der Waals surface area (Å²) in [5.41, 5.74) is 21.6. The van der Waals surface area contributed by atoms with Gasteiger partial charge in [0.05, 0.1) is 0 Å². The van der Waals surface area contributed by atoms with Crippen molar-refractivity contribution in [1.29, 1.82) is 0 Å². The Bertz CT molecular complexity index is 1880. The Labute approximate surface area is 312 Å². The van der Waals surface area contributed by atoms with Gasteiger partial charge in [0.2, 0.25) is 0 Å². The quantitative estimate of drug-likeness (QED) is 0.148. The summed E-state index contributed by atoms with van der Waals surface area (Å²) < 4.78 is 0.179. The molecule has 0 amide bonds. The molecule has 0 bridgehead atoms. The van der Waals surface area contributed by atoms with E-state index in [4.69, 9.17) is 17.0 Å². The summed E-state index contributed by atoms with van der Waals surface area (Å²) in [6, 6.07) is 23.5. The minimum absolute atomic E-state index is 0.0894. The first-order valence-electron chi connectivity index (χ1n) is 18.8. The third kappa shape index (κ3) is 6.48. The van der Waals surface area contributed by atoms with E-state index in [9.17, 15) is 0 Å². The van der Waals surface area contributed by atoms with Gasteiger partial charge in [0.15, 0.2) is 0 Å². The topological polar surface area (TPSA) is 0 Å². The number of aryl methyl sites for hydroxylation is 6. The van der Waals surface area contributed by atoms with Crippen LogP contribution in [0.15, 0.2) is 71.8 Å². The molecule has 0 heterocycles. The summed E-state index contributed by atoms with van der Waals surface area (Å²) in [6.45, 7) is 27.8. The molecule has 4 aromatic carbocycles. The van der Waals surface area contributed by atoms with Crippen molar-refractivity contribution in [3.8, 4) is 22.3 Å². The van der Waals surface area contributed by atoms with E-state index >= 15 is 0 Å². The SMILES string of the molecule is Cc1cc(C)cc(-c2c(C)ccc3c2C=C(CC(C)C)[CH]3[Zr]([Cl])([Cl])([CH]2C(CC(C)C)=Cc3c2ccc(C)c3-c2cc(C)cc(C)c2)[SiH](C)C)c1. The van der Waals surface area contributed by atoms with E-state index in [1.54, 1.807) is 0 Å². The number of hydrogen-bond donors (Lipinski definition) is 0. The first-order chi connectivity index (χ1) is 23.4. The zero-order valence-corrected chi connectivity index (χ0v) is 37.6. The Morgan fingerprint density at radius 2 is 0.900 bits per heavy atom. The van der Waals surface area contributed by atoms with Crippen molar-refractivity contribution < 1.29 is 15.6 Å². The third-order valence-corrected chi connectivity index (χ3v) is 63.4. The Hall–Kier alpha value is -1.96. The van der Waals surface area contributed by atoms with E-state index in [0.29, 0.717) is 11.8 Å². The van der Waals surface area contributed by atoms with Crippen LogP contribution in [0.1, 0.15) is 103 Å². The molecule has 0 fully saturated rings. The fourth-order valence-corrected chi connectivity index (χ4v) is 41.0. The fraction of sp³-hybridized carbons (Fsp3) is 0.391. The maximum absolute atomic E-state index is 8.89. The van der Waals surface area contributed by atoms with Crippen LogP contribution in [-0.2, 0) is 15.6 Å². The average Bonchev–Trinajstić information content (AvgIpc) is 3.53. The molecule has 0 aromatic heterocycles. The summed E-state index contributed by atoms with van der Waals surface area (Å²) in [7, 11) is 17.8. The number of halogens is 2. The van der Waals surface area contributed by atoms with Gasteiger partial charge in [0, 0.05) is 0 Å². The van der Waals surface area contributed by atoms with Crippen molar-refractivity contribution in [3.05, 3.63) is 127 Å². The summed E-state index contributed by atoms with van der Waals surface area (Å²) in [5.74, 6) is -0.674. The number of rotatable bonds is 9. The van der Waals surface area contributed by atoms with Crippen molar-refractivity contribution in [3.63, 3.8) is 0 Å². The Morgan fingerprint density at radius 3 is 1.20 bits per heavy atom. The Balaban J connectivity index is 1.66. The zero-order chi connectivity index (χ0) is 36.5. The molecule has 4 heteroatoms. The second-order valence-corrected chi connectivity index (χ2v) is 59.7. The van der Waals surface area contributed by atoms with E-state index in [-0.39, 0.29) is 7.25 Å². The van der Waals surface area contributed by atoms with E-state index in [2.05, 4.69) is 155 Å². The maximum atomic E-state index is 8.89. The molecule has 263 valence electrons. The standard InChI is InChI=1S/2C22H25.C2H7Si.2ClH.Zr/c2*1-14(2)8-18-12-19-7-6-17(5)22(21(19)13-18)20-10-15(3)9-16(4)11-20;1-3-2;;;/h2*6-7,9-14H,8H2,1-5H3;3H,1-2H3;2*1H;/q;;;;;+2/p-2. The van der Waals surface area contributed by atoms with Crippen molar-refractivity contribution >= 4 is 35.1 Å². The molecule has 2 aliphatic rings. The second-order valence-electron chi connectivity index (χ2n) is 17.2. The summed E-state index contributed by atoms with van der Waals surface area (Å²) in [4.78, 5) is 0. The summed E-state index contributed by atoms with van der Waals surface area (Å²) in [5, 5.41) is 0. The molecule has 0 aliphatic heterocycles. The number of benzene rings is 4. The van der Waals surface area contributed by atoms with Crippen molar-refractivity contribution in [2.24, 2.45) is 11.8 Å². The van der Waals surface area contributed by atoms with Gasteiger partial charge in [-0.15, -0.1) is 0 Å². The molecule has 0 spiro atoms. The molecule has 0 radical (unpaired) electrons. The minimum atomic E-state index is -4.95. The predicted molar refractivity (Wildman–Crippen MR) is 223 cm³/mol. The van der Waals surface area contributed by atoms with E-state index in [0.717, 1.165) is 12.8 Å². The van der Waals surface area contributed by atoms with Gasteiger partial charge in [-0.25, -0.2) is 0 Å². The van der Waals surface area contributed by atoms with Crippen molar-refractivity contribution in [2.75, 3.05) is 0 Å². The molecular formula is C46H57Cl2SiZr. The van der Waals surface area contributed by atoms with Gasteiger partial charge < -0.3 is 0 Å². The molecule has 6 rings (SSSR count). The van der Waals surface area contributed by atoms with Gasteiger partial charge in [-0.1, -0.05) is 0 Å². The van der Waals surface area contributed by atoms with E-state index in [1.165, 1.54) is 89.0 Å². The number of allylic oxidation sites excluding steroid dienone is 2. The zero-order valence-electron chi connectivity index (χ0n) is 32.5. The van der Waals surface area contributed by atoms with Crippen LogP contribution in [0.4, 0.5) is 0 Å². The summed E-state index contributed by atoms with van der Waals surface area (Å²) in [6.07, 6.45) is 7.12. The molecule has 2 unspecified atom stereocenters. The predicted octanol–water partition coefficient (Wildman–Crippen LogP) is 14.5. The molecule has 50 heavy (non-hydrogen) atoms. The summed E-state index contributed by atoms with van der Waals surface area (Å²) >= 11 is -4.95. The molecule has 0 saturated carbocycles. The molecule has 2 atom stereocenters. The van der Waals surface area contributed by atoms with Crippen molar-refractivity contribution in [1.82, 2.24) is 0 Å². The normalized spacial score (nSPS) is 18.0.